The summed E-state index contributed by atoms with van der Waals surface area (Å²) in [5.41, 5.74) is 4.14. The molecule has 4 nitrogen and oxygen atoms in total. The summed E-state index contributed by atoms with van der Waals surface area (Å²) >= 11 is -1.43. The van der Waals surface area contributed by atoms with E-state index < -0.39 is 25.9 Å². The number of Topliss-reactive ketones (excluding diaryl/α,β-unsaturated/α-hetero) is 1. The molecule has 2 aliphatic carbocycles. The van der Waals surface area contributed by atoms with E-state index in [1.54, 1.807) is 6.92 Å². The van der Waals surface area contributed by atoms with Gasteiger partial charge < -0.3 is 0 Å². The number of benzene rings is 2. The van der Waals surface area contributed by atoms with Gasteiger partial charge in [0.25, 0.3) is 0 Å². The first-order valence-corrected chi connectivity index (χ1v) is 16.8. The van der Waals surface area contributed by atoms with Crippen molar-refractivity contribution < 1.29 is 14.6 Å². The molecule has 0 aromatic heterocycles. The molecule has 0 saturated heterocycles. The molecule has 3 atom stereocenters. The molecule has 5 heteroatoms. The fourth-order valence-electron chi connectivity index (χ4n) is 4.64. The minimum atomic E-state index is -1.43. The standard InChI is InChI=1S/C28H34INO3/c1-19(31)20-9-11-22(12-10-20)27(32)28(29(2)3)18-26(28)21-13-15-24(16-14-21)33-25-8-6-7-23(17-25)30(4)5/h6-13,15,17,19,26,31H,14,16,18H2,1-5H3/t19?,26?,28-/m1/s1. The van der Waals surface area contributed by atoms with Gasteiger partial charge >= 0.3 is 205 Å². The number of aliphatic hydroxyl groups is 1. The number of carbonyl (C=O) groups excluding carboxylic acids is 1. The Morgan fingerprint density at radius 3 is 2.42 bits per heavy atom. The SMILES string of the molecule is CC(O)c1ccc(C(=O)[C@@]2(I(C)C)CC2C2=CC=C(Oc3cccc(N(C)C)c3)CC2)cc1. The fourth-order valence-corrected chi connectivity index (χ4v) is 9.16. The molecular formula is C28H34INO3. The third kappa shape index (κ3) is 4.90. The Morgan fingerprint density at radius 1 is 1.12 bits per heavy atom. The molecule has 2 aromatic carbocycles. The molecule has 1 fully saturated rings. The molecule has 0 radical (unpaired) electrons. The van der Waals surface area contributed by atoms with Crippen LogP contribution in [0.2, 0.25) is 0 Å². The molecular weight excluding hydrogens is 525 g/mol. The van der Waals surface area contributed by atoms with Crippen molar-refractivity contribution in [2.24, 2.45) is 5.92 Å². The summed E-state index contributed by atoms with van der Waals surface area (Å²) < 4.78 is 5.98. The second kappa shape index (κ2) is 9.63. The van der Waals surface area contributed by atoms with Crippen molar-refractivity contribution in [1.82, 2.24) is 0 Å². The maximum absolute atomic E-state index is 13.6. The predicted octanol–water partition coefficient (Wildman–Crippen LogP) is 6.20. The van der Waals surface area contributed by atoms with Crippen LogP contribution >= 0.6 is 19.8 Å². The zero-order valence-corrected chi connectivity index (χ0v) is 22.3. The molecule has 0 bridgehead atoms. The average Bonchev–Trinajstić information content (AvgIpc) is 3.56. The molecule has 1 saturated carbocycles. The van der Waals surface area contributed by atoms with Crippen LogP contribution in [0.5, 0.6) is 5.75 Å². The van der Waals surface area contributed by atoms with Gasteiger partial charge in [0, 0.05) is 0 Å². The van der Waals surface area contributed by atoms with E-state index in [0.29, 0.717) is 11.7 Å². The van der Waals surface area contributed by atoms with Gasteiger partial charge in [-0.1, -0.05) is 0 Å². The molecule has 176 valence electrons. The van der Waals surface area contributed by atoms with E-state index >= 15 is 0 Å². The summed E-state index contributed by atoms with van der Waals surface area (Å²) in [5.74, 6) is 2.49. The van der Waals surface area contributed by atoms with Crippen molar-refractivity contribution in [1.29, 1.82) is 0 Å². The number of rotatable bonds is 8. The number of ether oxygens (including phenoxy) is 1. The second-order valence-electron chi connectivity index (χ2n) is 9.37. The number of aliphatic hydroxyl groups excluding tert-OH is 1. The van der Waals surface area contributed by atoms with Gasteiger partial charge in [-0.15, -0.1) is 0 Å². The fraction of sp³-hybridized carbons (Fsp3) is 0.393. The number of carbonyl (C=O) groups is 1. The zero-order valence-electron chi connectivity index (χ0n) is 20.1. The van der Waals surface area contributed by atoms with E-state index in [4.69, 9.17) is 4.74 Å². The van der Waals surface area contributed by atoms with Gasteiger partial charge in [0.05, 0.1) is 0 Å². The Bertz CT molecular complexity index is 1080. The number of hydrogen-bond donors (Lipinski definition) is 1. The van der Waals surface area contributed by atoms with Gasteiger partial charge in [-0.2, -0.15) is 0 Å². The Balaban J connectivity index is 1.49. The Labute approximate surface area is 204 Å². The van der Waals surface area contributed by atoms with Crippen LogP contribution in [0.3, 0.4) is 0 Å². The molecule has 0 spiro atoms. The van der Waals surface area contributed by atoms with Crippen molar-refractivity contribution in [2.75, 3.05) is 28.9 Å². The number of nitrogens with zero attached hydrogens (tertiary/aromatic N) is 1. The van der Waals surface area contributed by atoms with Gasteiger partial charge in [0.2, 0.25) is 0 Å². The molecule has 0 amide bonds. The summed E-state index contributed by atoms with van der Waals surface area (Å²) in [6, 6.07) is 15.7. The van der Waals surface area contributed by atoms with Crippen LogP contribution in [0.15, 0.2) is 72.0 Å². The second-order valence-corrected chi connectivity index (χ2v) is 15.6. The number of allylic oxidation sites excluding steroid dienone is 4. The summed E-state index contributed by atoms with van der Waals surface area (Å²) in [7, 11) is 4.05. The Hall–Kier alpha value is -2.12. The topological polar surface area (TPSA) is 49.8 Å². The first-order valence-electron chi connectivity index (χ1n) is 11.4. The predicted molar refractivity (Wildman–Crippen MR) is 145 cm³/mol. The Kier molecular flexibility index (Phi) is 7.01. The quantitative estimate of drug-likeness (QED) is 0.238. The molecule has 2 aliphatic rings. The van der Waals surface area contributed by atoms with Crippen LogP contribution in [-0.4, -0.2) is 38.3 Å². The van der Waals surface area contributed by atoms with Gasteiger partial charge in [0.1, 0.15) is 0 Å². The van der Waals surface area contributed by atoms with Gasteiger partial charge in [0.15, 0.2) is 0 Å². The van der Waals surface area contributed by atoms with Crippen LogP contribution < -0.4 is 9.64 Å². The van der Waals surface area contributed by atoms with E-state index in [2.05, 4.69) is 39.0 Å². The monoisotopic (exact) mass is 559 g/mol. The van der Waals surface area contributed by atoms with E-state index in [1.807, 2.05) is 50.5 Å². The molecule has 2 unspecified atom stereocenters. The van der Waals surface area contributed by atoms with Crippen molar-refractivity contribution in [3.63, 3.8) is 0 Å². The third-order valence-corrected chi connectivity index (χ3v) is 12.3. The van der Waals surface area contributed by atoms with Gasteiger partial charge in [-0.25, -0.2) is 0 Å². The molecule has 33 heavy (non-hydrogen) atoms. The molecule has 2 aromatic rings. The summed E-state index contributed by atoms with van der Waals surface area (Å²) in [4.78, 5) is 20.3. The van der Waals surface area contributed by atoms with E-state index in [9.17, 15) is 9.90 Å². The zero-order chi connectivity index (χ0) is 23.8. The van der Waals surface area contributed by atoms with Crippen LogP contribution in [0.25, 0.3) is 0 Å². The number of anilines is 1. The number of halogens is 1. The first kappa shape index (κ1) is 24.0. The van der Waals surface area contributed by atoms with E-state index in [0.717, 1.165) is 47.6 Å². The normalized spacial score (nSPS) is 23.2. The Morgan fingerprint density at radius 2 is 1.85 bits per heavy atom. The van der Waals surface area contributed by atoms with Crippen molar-refractivity contribution in [3.8, 4) is 5.75 Å². The third-order valence-electron chi connectivity index (χ3n) is 6.77. The summed E-state index contributed by atoms with van der Waals surface area (Å²) in [6.45, 7) is 1.75. The van der Waals surface area contributed by atoms with Crippen LogP contribution in [0.4, 0.5) is 5.69 Å². The molecule has 1 N–H and O–H groups in total. The average molecular weight is 559 g/mol. The number of alkyl halides is 3. The van der Waals surface area contributed by atoms with Crippen molar-refractivity contribution >= 4 is 31.3 Å². The number of hydrogen-bond acceptors (Lipinski definition) is 4. The van der Waals surface area contributed by atoms with Gasteiger partial charge in [-0.3, -0.25) is 0 Å². The first-order chi connectivity index (χ1) is 15.7. The van der Waals surface area contributed by atoms with Crippen molar-refractivity contribution in [2.45, 2.75) is 35.7 Å². The van der Waals surface area contributed by atoms with Crippen LogP contribution in [0, 0.1) is 5.92 Å². The van der Waals surface area contributed by atoms with Crippen molar-refractivity contribution in [3.05, 3.63) is 83.1 Å². The molecule has 4 rings (SSSR count). The maximum atomic E-state index is 13.6. The van der Waals surface area contributed by atoms with Crippen LogP contribution in [0.1, 0.15) is 48.2 Å². The summed E-state index contributed by atoms with van der Waals surface area (Å²) in [6.07, 6.45) is 6.56. The van der Waals surface area contributed by atoms with E-state index in [-0.39, 0.29) is 3.42 Å². The molecule has 0 heterocycles. The molecule has 0 aliphatic heterocycles. The van der Waals surface area contributed by atoms with Gasteiger partial charge in [-0.05, 0) is 0 Å². The van der Waals surface area contributed by atoms with E-state index in [1.165, 1.54) is 5.57 Å². The number of ketones is 1. The summed E-state index contributed by atoms with van der Waals surface area (Å²) in [5, 5.41) is 9.78. The van der Waals surface area contributed by atoms with Crippen LogP contribution in [-0.2, 0) is 0 Å². The minimum absolute atomic E-state index is 0.172.